The lowest BCUT2D eigenvalue weighted by Gasteiger charge is -2.25. The summed E-state index contributed by atoms with van der Waals surface area (Å²) in [5.41, 5.74) is 2.28. The first-order valence-electron chi connectivity index (χ1n) is 8.00. The van der Waals surface area contributed by atoms with Crippen molar-refractivity contribution < 1.29 is 19.0 Å². The molecule has 0 spiro atoms. The molecule has 0 fully saturated rings. The number of aryl methyl sites for hydroxylation is 2. The SMILES string of the molecule is Cc1ccc(OCCNC(=O)[C@@H]2COc3ccccc3O2)c(C)c1. The maximum absolute atomic E-state index is 12.2. The minimum Gasteiger partial charge on any atom is -0.491 e. The Morgan fingerprint density at radius 1 is 1.21 bits per heavy atom. The van der Waals surface area contributed by atoms with E-state index in [1.807, 2.05) is 44.2 Å². The summed E-state index contributed by atoms with van der Waals surface area (Å²) in [6.45, 7) is 5.07. The smallest absolute Gasteiger partial charge is 0.264 e. The van der Waals surface area contributed by atoms with Crippen molar-refractivity contribution in [2.75, 3.05) is 19.8 Å². The largest absolute Gasteiger partial charge is 0.491 e. The molecule has 24 heavy (non-hydrogen) atoms. The van der Waals surface area contributed by atoms with E-state index in [9.17, 15) is 4.79 Å². The first-order chi connectivity index (χ1) is 11.6. The van der Waals surface area contributed by atoms with Crippen molar-refractivity contribution in [2.45, 2.75) is 20.0 Å². The molecule has 0 aliphatic carbocycles. The second kappa shape index (κ2) is 7.25. The zero-order chi connectivity index (χ0) is 16.9. The second-order valence-electron chi connectivity index (χ2n) is 5.77. The van der Waals surface area contributed by atoms with Gasteiger partial charge in [0, 0.05) is 0 Å². The lowest BCUT2D eigenvalue weighted by atomic mass is 10.1. The van der Waals surface area contributed by atoms with Gasteiger partial charge in [-0.05, 0) is 37.6 Å². The average molecular weight is 327 g/mol. The Hall–Kier alpha value is -2.69. The van der Waals surface area contributed by atoms with Gasteiger partial charge in [0.15, 0.2) is 11.5 Å². The van der Waals surface area contributed by atoms with Crippen LogP contribution in [0.25, 0.3) is 0 Å². The number of para-hydroxylation sites is 2. The molecule has 0 saturated carbocycles. The molecule has 5 nitrogen and oxygen atoms in total. The van der Waals surface area contributed by atoms with Crippen LogP contribution in [-0.2, 0) is 4.79 Å². The molecule has 1 aliphatic heterocycles. The Balaban J connectivity index is 1.45. The van der Waals surface area contributed by atoms with E-state index in [0.717, 1.165) is 11.3 Å². The van der Waals surface area contributed by atoms with E-state index in [2.05, 4.69) is 11.4 Å². The van der Waals surface area contributed by atoms with Crippen LogP contribution in [0.5, 0.6) is 17.2 Å². The topological polar surface area (TPSA) is 56.8 Å². The molecule has 2 aromatic carbocycles. The zero-order valence-electron chi connectivity index (χ0n) is 13.9. The summed E-state index contributed by atoms with van der Waals surface area (Å²) in [4.78, 5) is 12.2. The monoisotopic (exact) mass is 327 g/mol. The van der Waals surface area contributed by atoms with E-state index in [4.69, 9.17) is 14.2 Å². The summed E-state index contributed by atoms with van der Waals surface area (Å²) >= 11 is 0. The minimum absolute atomic E-state index is 0.200. The van der Waals surface area contributed by atoms with Gasteiger partial charge in [0.1, 0.15) is 19.0 Å². The maximum atomic E-state index is 12.2. The van der Waals surface area contributed by atoms with Crippen LogP contribution in [0.3, 0.4) is 0 Å². The molecule has 1 N–H and O–H groups in total. The number of ether oxygens (including phenoxy) is 3. The van der Waals surface area contributed by atoms with Crippen molar-refractivity contribution in [3.63, 3.8) is 0 Å². The van der Waals surface area contributed by atoms with E-state index >= 15 is 0 Å². The lowest BCUT2D eigenvalue weighted by Crippen LogP contribution is -2.45. The number of hydrogen-bond acceptors (Lipinski definition) is 4. The molecular weight excluding hydrogens is 306 g/mol. The van der Waals surface area contributed by atoms with E-state index in [-0.39, 0.29) is 12.5 Å². The summed E-state index contributed by atoms with van der Waals surface area (Å²) in [7, 11) is 0. The number of carbonyl (C=O) groups excluding carboxylic acids is 1. The molecule has 1 atom stereocenters. The normalized spacial score (nSPS) is 15.7. The third-order valence-corrected chi connectivity index (χ3v) is 3.79. The van der Waals surface area contributed by atoms with E-state index < -0.39 is 6.10 Å². The highest BCUT2D eigenvalue weighted by atomic mass is 16.6. The van der Waals surface area contributed by atoms with Crippen LogP contribution in [0.1, 0.15) is 11.1 Å². The van der Waals surface area contributed by atoms with Gasteiger partial charge in [-0.25, -0.2) is 0 Å². The van der Waals surface area contributed by atoms with Crippen LogP contribution >= 0.6 is 0 Å². The van der Waals surface area contributed by atoms with Gasteiger partial charge in [0.2, 0.25) is 6.10 Å². The number of benzene rings is 2. The summed E-state index contributed by atoms with van der Waals surface area (Å²) in [6, 6.07) is 13.3. The summed E-state index contributed by atoms with van der Waals surface area (Å²) < 4.78 is 16.9. The Morgan fingerprint density at radius 2 is 2.00 bits per heavy atom. The van der Waals surface area contributed by atoms with Gasteiger partial charge in [0.05, 0.1) is 6.54 Å². The van der Waals surface area contributed by atoms with Crippen LogP contribution in [-0.4, -0.2) is 31.8 Å². The van der Waals surface area contributed by atoms with Crippen LogP contribution in [0.2, 0.25) is 0 Å². The molecule has 0 bridgehead atoms. The number of amides is 1. The highest BCUT2D eigenvalue weighted by Gasteiger charge is 2.26. The van der Waals surface area contributed by atoms with Crippen LogP contribution in [0.15, 0.2) is 42.5 Å². The maximum Gasteiger partial charge on any atom is 0.264 e. The molecule has 0 unspecified atom stereocenters. The Morgan fingerprint density at radius 3 is 2.79 bits per heavy atom. The molecular formula is C19H21NO4. The van der Waals surface area contributed by atoms with Gasteiger partial charge in [-0.3, -0.25) is 4.79 Å². The molecule has 0 radical (unpaired) electrons. The van der Waals surface area contributed by atoms with Crippen molar-refractivity contribution in [3.8, 4) is 17.2 Å². The molecule has 1 aliphatic rings. The second-order valence-corrected chi connectivity index (χ2v) is 5.77. The van der Waals surface area contributed by atoms with Gasteiger partial charge in [0.25, 0.3) is 5.91 Å². The molecule has 2 aromatic rings. The summed E-state index contributed by atoms with van der Waals surface area (Å²) in [5, 5.41) is 2.82. The highest BCUT2D eigenvalue weighted by molar-refractivity contribution is 5.81. The van der Waals surface area contributed by atoms with Crippen molar-refractivity contribution in [1.82, 2.24) is 5.32 Å². The molecule has 5 heteroatoms. The Kier molecular flexibility index (Phi) is 4.89. The van der Waals surface area contributed by atoms with E-state index in [1.54, 1.807) is 6.07 Å². The van der Waals surface area contributed by atoms with Gasteiger partial charge in [-0.2, -0.15) is 0 Å². The molecule has 3 rings (SSSR count). The molecule has 126 valence electrons. The third-order valence-electron chi connectivity index (χ3n) is 3.79. The standard InChI is InChI=1S/C19H21NO4/c1-13-7-8-15(14(2)11-13)22-10-9-20-19(21)18-12-23-16-5-3-4-6-17(16)24-18/h3-8,11,18H,9-10,12H2,1-2H3,(H,20,21)/t18-/m0/s1. The summed E-state index contributed by atoms with van der Waals surface area (Å²) in [6.07, 6.45) is -0.638. The first-order valence-corrected chi connectivity index (χ1v) is 8.00. The Bertz CT molecular complexity index is 729. The average Bonchev–Trinajstić information content (AvgIpc) is 2.59. The minimum atomic E-state index is -0.638. The predicted molar refractivity (Wildman–Crippen MR) is 90.8 cm³/mol. The molecule has 1 amide bonds. The molecule has 0 aromatic heterocycles. The number of fused-ring (bicyclic) bond motifs is 1. The quantitative estimate of drug-likeness (QED) is 0.858. The van der Waals surface area contributed by atoms with E-state index in [1.165, 1.54) is 5.56 Å². The Labute approximate surface area is 141 Å². The zero-order valence-corrected chi connectivity index (χ0v) is 13.9. The predicted octanol–water partition coefficient (Wildman–Crippen LogP) is 2.64. The van der Waals surface area contributed by atoms with Crippen LogP contribution in [0, 0.1) is 13.8 Å². The van der Waals surface area contributed by atoms with E-state index in [0.29, 0.717) is 24.7 Å². The molecule has 1 heterocycles. The third kappa shape index (κ3) is 3.79. The van der Waals surface area contributed by atoms with Crippen LogP contribution in [0.4, 0.5) is 0 Å². The van der Waals surface area contributed by atoms with Gasteiger partial charge in [-0.1, -0.05) is 29.8 Å². The fraction of sp³-hybridized carbons (Fsp3) is 0.316. The van der Waals surface area contributed by atoms with Crippen molar-refractivity contribution in [3.05, 3.63) is 53.6 Å². The van der Waals surface area contributed by atoms with Gasteiger partial charge in [-0.15, -0.1) is 0 Å². The van der Waals surface area contributed by atoms with Gasteiger partial charge >= 0.3 is 0 Å². The van der Waals surface area contributed by atoms with Crippen molar-refractivity contribution >= 4 is 5.91 Å². The van der Waals surface area contributed by atoms with Gasteiger partial charge < -0.3 is 19.5 Å². The number of hydrogen-bond donors (Lipinski definition) is 1. The number of rotatable bonds is 5. The van der Waals surface area contributed by atoms with Crippen molar-refractivity contribution in [2.24, 2.45) is 0 Å². The molecule has 0 saturated heterocycles. The fourth-order valence-electron chi connectivity index (χ4n) is 2.56. The number of carbonyl (C=O) groups is 1. The first kappa shape index (κ1) is 16.2. The fourth-order valence-corrected chi connectivity index (χ4v) is 2.56. The summed E-state index contributed by atoms with van der Waals surface area (Å²) in [5.74, 6) is 1.89. The van der Waals surface area contributed by atoms with Crippen molar-refractivity contribution in [1.29, 1.82) is 0 Å². The van der Waals surface area contributed by atoms with Crippen LogP contribution < -0.4 is 19.5 Å². The number of nitrogens with one attached hydrogen (secondary N) is 1. The lowest BCUT2D eigenvalue weighted by molar-refractivity contribution is -0.130. The highest BCUT2D eigenvalue weighted by Crippen LogP contribution is 2.30.